The van der Waals surface area contributed by atoms with Gasteiger partial charge in [0.25, 0.3) is 0 Å². The number of anilines is 2. The summed E-state index contributed by atoms with van der Waals surface area (Å²) in [7, 11) is 1.88. The van der Waals surface area contributed by atoms with Crippen LogP contribution in [0.5, 0.6) is 0 Å². The van der Waals surface area contributed by atoms with Crippen LogP contribution < -0.4 is 16.0 Å². The second kappa shape index (κ2) is 10.6. The minimum absolute atomic E-state index is 0.293. The minimum atomic E-state index is -0.528. The first-order valence-corrected chi connectivity index (χ1v) is 13.0. The predicted molar refractivity (Wildman–Crippen MR) is 154 cm³/mol. The molecular formula is C29H29N9O2. The highest BCUT2D eigenvalue weighted by Gasteiger charge is 2.20. The summed E-state index contributed by atoms with van der Waals surface area (Å²) in [6.07, 6.45) is 5.46. The van der Waals surface area contributed by atoms with Crippen LogP contribution in [-0.4, -0.2) is 61.5 Å². The van der Waals surface area contributed by atoms with Crippen LogP contribution in [-0.2, 0) is 23.1 Å². The Morgan fingerprint density at radius 1 is 1.10 bits per heavy atom. The Morgan fingerprint density at radius 2 is 1.90 bits per heavy atom. The lowest BCUT2D eigenvalue weighted by Crippen LogP contribution is -2.37. The maximum atomic E-state index is 11.5. The Morgan fingerprint density at radius 3 is 2.62 bits per heavy atom. The molecule has 0 radical (unpaired) electrons. The fourth-order valence-corrected chi connectivity index (χ4v) is 4.67. The number of amides is 1. The van der Waals surface area contributed by atoms with Crippen molar-refractivity contribution in [1.82, 2.24) is 29.3 Å². The number of nitrogens with two attached hydrogens (primary N) is 1. The standard InChI is InChI=1S/C29H29N9O2/c1-19(26(30)39)22-4-3-5-23(14-22)21-8-6-20(7-9-21)15-31-27-25-28(35-29(34-27)37-10-12-40-13-11-37)38(18-32-25)24-16-33-36(2)17-24/h3-9,14,16-18H,1,10-13,15H2,2H3,(H2,30,39)(H,31,34,35). The van der Waals surface area contributed by atoms with E-state index in [2.05, 4.69) is 51.1 Å². The molecule has 11 nitrogen and oxygen atoms in total. The molecule has 40 heavy (non-hydrogen) atoms. The topological polar surface area (TPSA) is 129 Å². The van der Waals surface area contributed by atoms with Gasteiger partial charge in [-0.3, -0.25) is 14.0 Å². The number of morpholine rings is 1. The molecule has 1 amide bonds. The number of ether oxygens (including phenoxy) is 1. The number of carbonyl (C=O) groups is 1. The Bertz CT molecular complexity index is 1700. The molecular weight excluding hydrogens is 506 g/mol. The number of fused-ring (bicyclic) bond motifs is 1. The van der Waals surface area contributed by atoms with Gasteiger partial charge in [0.2, 0.25) is 11.9 Å². The molecule has 0 atom stereocenters. The van der Waals surface area contributed by atoms with Crippen LogP contribution in [0.3, 0.4) is 0 Å². The van der Waals surface area contributed by atoms with E-state index < -0.39 is 5.91 Å². The van der Waals surface area contributed by atoms with Crippen LogP contribution >= 0.6 is 0 Å². The average molecular weight is 536 g/mol. The molecule has 0 bridgehead atoms. The summed E-state index contributed by atoms with van der Waals surface area (Å²) in [4.78, 5) is 28.1. The van der Waals surface area contributed by atoms with Gasteiger partial charge in [-0.15, -0.1) is 0 Å². The Hall–Kier alpha value is -5.03. The quantitative estimate of drug-likeness (QED) is 0.290. The maximum absolute atomic E-state index is 11.5. The monoisotopic (exact) mass is 535 g/mol. The Balaban J connectivity index is 1.27. The lowest BCUT2D eigenvalue weighted by atomic mass is 9.99. The third-order valence-corrected chi connectivity index (χ3v) is 6.90. The summed E-state index contributed by atoms with van der Waals surface area (Å²) >= 11 is 0. The molecule has 1 fully saturated rings. The molecule has 1 aliphatic rings. The first kappa shape index (κ1) is 25.3. The molecule has 1 aliphatic heterocycles. The second-order valence-corrected chi connectivity index (χ2v) is 9.60. The predicted octanol–water partition coefficient (Wildman–Crippen LogP) is 3.16. The number of nitrogens with one attached hydrogen (secondary N) is 1. The number of aryl methyl sites for hydroxylation is 1. The number of carbonyl (C=O) groups excluding carboxylic acids is 1. The zero-order valence-electron chi connectivity index (χ0n) is 22.1. The number of nitrogens with zero attached hydrogens (tertiary/aromatic N) is 7. The summed E-state index contributed by atoms with van der Waals surface area (Å²) < 4.78 is 9.20. The fourth-order valence-electron chi connectivity index (χ4n) is 4.67. The van der Waals surface area contributed by atoms with Gasteiger partial charge >= 0.3 is 0 Å². The number of imidazole rings is 1. The van der Waals surface area contributed by atoms with Crippen LogP contribution in [0.4, 0.5) is 11.8 Å². The van der Waals surface area contributed by atoms with Gasteiger partial charge in [-0.1, -0.05) is 49.0 Å². The summed E-state index contributed by atoms with van der Waals surface area (Å²) in [6.45, 7) is 7.06. The van der Waals surface area contributed by atoms with E-state index >= 15 is 0 Å². The van der Waals surface area contributed by atoms with Crippen molar-refractivity contribution in [3.63, 3.8) is 0 Å². The first-order chi connectivity index (χ1) is 19.5. The lowest BCUT2D eigenvalue weighted by molar-refractivity contribution is -0.112. The molecule has 2 aromatic carbocycles. The maximum Gasteiger partial charge on any atom is 0.248 e. The zero-order chi connectivity index (χ0) is 27.6. The molecule has 0 spiro atoms. The molecule has 202 valence electrons. The first-order valence-electron chi connectivity index (χ1n) is 13.0. The highest BCUT2D eigenvalue weighted by atomic mass is 16.5. The van der Waals surface area contributed by atoms with Crippen molar-refractivity contribution < 1.29 is 9.53 Å². The van der Waals surface area contributed by atoms with Crippen molar-refractivity contribution in [3.8, 4) is 16.8 Å². The molecule has 0 saturated carbocycles. The third kappa shape index (κ3) is 5.02. The van der Waals surface area contributed by atoms with Gasteiger partial charge in [-0.25, -0.2) is 4.98 Å². The Kier molecular flexibility index (Phi) is 6.71. The molecule has 11 heteroatoms. The summed E-state index contributed by atoms with van der Waals surface area (Å²) in [6, 6.07) is 15.9. The molecule has 3 N–H and O–H groups in total. The van der Waals surface area contributed by atoms with E-state index in [-0.39, 0.29) is 0 Å². The van der Waals surface area contributed by atoms with Crippen LogP contribution in [0, 0.1) is 0 Å². The van der Waals surface area contributed by atoms with Crippen molar-refractivity contribution in [2.75, 3.05) is 36.5 Å². The third-order valence-electron chi connectivity index (χ3n) is 6.90. The van der Waals surface area contributed by atoms with Gasteiger partial charge < -0.3 is 20.7 Å². The minimum Gasteiger partial charge on any atom is -0.378 e. The number of benzene rings is 2. The molecule has 4 heterocycles. The normalized spacial score (nSPS) is 13.5. The van der Waals surface area contributed by atoms with Crippen molar-refractivity contribution >= 4 is 34.4 Å². The van der Waals surface area contributed by atoms with Crippen molar-refractivity contribution in [2.45, 2.75) is 6.54 Å². The molecule has 1 saturated heterocycles. The average Bonchev–Trinajstić information content (AvgIpc) is 3.62. The van der Waals surface area contributed by atoms with Gasteiger partial charge in [0.15, 0.2) is 17.0 Å². The van der Waals surface area contributed by atoms with Crippen molar-refractivity contribution in [2.24, 2.45) is 12.8 Å². The van der Waals surface area contributed by atoms with E-state index in [1.807, 2.05) is 42.1 Å². The van der Waals surface area contributed by atoms with Gasteiger partial charge in [0.05, 0.1) is 25.1 Å². The molecule has 6 rings (SSSR count). The van der Waals surface area contributed by atoms with E-state index in [1.165, 1.54) is 0 Å². The zero-order valence-corrected chi connectivity index (χ0v) is 22.1. The summed E-state index contributed by atoms with van der Waals surface area (Å²) in [5.41, 5.74) is 11.8. The molecule has 0 aliphatic carbocycles. The Labute approximate surface area is 230 Å². The second-order valence-electron chi connectivity index (χ2n) is 9.60. The smallest absolute Gasteiger partial charge is 0.248 e. The van der Waals surface area contributed by atoms with E-state index in [4.69, 9.17) is 20.4 Å². The van der Waals surface area contributed by atoms with Gasteiger partial charge in [-0.05, 0) is 28.3 Å². The number of aromatic nitrogens is 6. The highest BCUT2D eigenvalue weighted by molar-refractivity contribution is 6.18. The summed E-state index contributed by atoms with van der Waals surface area (Å²) in [5.74, 6) is 0.770. The fraction of sp³-hybridized carbons (Fsp3) is 0.207. The number of hydrogen-bond donors (Lipinski definition) is 2. The largest absolute Gasteiger partial charge is 0.378 e. The van der Waals surface area contributed by atoms with Crippen LogP contribution in [0.2, 0.25) is 0 Å². The summed E-state index contributed by atoms with van der Waals surface area (Å²) in [5, 5.41) is 7.78. The van der Waals surface area contributed by atoms with E-state index in [9.17, 15) is 4.79 Å². The van der Waals surface area contributed by atoms with E-state index in [0.29, 0.717) is 53.8 Å². The van der Waals surface area contributed by atoms with Crippen molar-refractivity contribution in [3.05, 3.63) is 85.0 Å². The SMILES string of the molecule is C=C(C(N)=O)c1cccc(-c2ccc(CNc3nc(N4CCOCC4)nc4c3ncn4-c3cnn(C)c3)cc2)c1. The number of primary amides is 1. The number of hydrogen-bond acceptors (Lipinski definition) is 8. The van der Waals surface area contributed by atoms with Gasteiger partial charge in [0, 0.05) is 38.5 Å². The molecule has 0 unspecified atom stereocenters. The van der Waals surface area contributed by atoms with Crippen LogP contribution in [0.15, 0.2) is 73.8 Å². The van der Waals surface area contributed by atoms with Gasteiger partial charge in [-0.2, -0.15) is 15.1 Å². The number of rotatable bonds is 8. The van der Waals surface area contributed by atoms with Gasteiger partial charge in [0.1, 0.15) is 6.33 Å². The van der Waals surface area contributed by atoms with E-state index in [0.717, 1.165) is 35.5 Å². The molecule has 3 aromatic heterocycles. The van der Waals surface area contributed by atoms with Crippen LogP contribution in [0.1, 0.15) is 11.1 Å². The van der Waals surface area contributed by atoms with E-state index in [1.54, 1.807) is 17.2 Å². The van der Waals surface area contributed by atoms with Crippen LogP contribution in [0.25, 0.3) is 33.6 Å². The lowest BCUT2D eigenvalue weighted by Gasteiger charge is -2.27. The van der Waals surface area contributed by atoms with Crippen molar-refractivity contribution in [1.29, 1.82) is 0 Å². The highest BCUT2D eigenvalue weighted by Crippen LogP contribution is 2.27. The molecule has 5 aromatic rings.